The molecule has 0 aliphatic heterocycles. The number of hydrogen-bond acceptors (Lipinski definition) is 4. The molecule has 0 aliphatic carbocycles. The molecule has 0 heterocycles. The van der Waals surface area contributed by atoms with E-state index in [1.165, 1.54) is 0 Å². The fourth-order valence-corrected chi connectivity index (χ4v) is 2.21. The Bertz CT molecular complexity index is 509. The lowest BCUT2D eigenvalue weighted by atomic mass is 10.2. The van der Waals surface area contributed by atoms with Crippen LogP contribution < -0.4 is 15.4 Å². The minimum Gasteiger partial charge on any atom is -0.497 e. The normalized spacial score (nSPS) is 11.4. The lowest BCUT2D eigenvalue weighted by Crippen LogP contribution is -2.42. The van der Waals surface area contributed by atoms with E-state index in [4.69, 9.17) is 14.5 Å². The molecule has 2 N–H and O–H groups in total. The Kier molecular flexibility index (Phi) is 15.3. The van der Waals surface area contributed by atoms with Gasteiger partial charge in [0.15, 0.2) is 5.96 Å². The van der Waals surface area contributed by atoms with Crippen molar-refractivity contribution in [1.82, 2.24) is 15.5 Å². The van der Waals surface area contributed by atoms with E-state index in [-0.39, 0.29) is 24.0 Å². The number of rotatable bonds is 12. The molecule has 0 aliphatic rings. The van der Waals surface area contributed by atoms with E-state index in [2.05, 4.69) is 36.4 Å². The van der Waals surface area contributed by atoms with E-state index in [0.29, 0.717) is 12.6 Å². The number of aliphatic imine (C=N–C) groups is 1. The molecule has 0 spiro atoms. The van der Waals surface area contributed by atoms with E-state index < -0.39 is 0 Å². The topological polar surface area (TPSA) is 58.1 Å². The van der Waals surface area contributed by atoms with E-state index in [1.807, 2.05) is 31.2 Å². The van der Waals surface area contributed by atoms with Crippen molar-refractivity contribution in [2.24, 2.45) is 4.99 Å². The van der Waals surface area contributed by atoms with E-state index in [9.17, 15) is 0 Å². The quantitative estimate of drug-likeness (QED) is 0.203. The molecule has 0 radical (unpaired) electrons. The molecule has 0 aromatic heterocycles. The van der Waals surface area contributed by atoms with Crippen LogP contribution in [0.1, 0.15) is 32.8 Å². The van der Waals surface area contributed by atoms with Gasteiger partial charge in [-0.05, 0) is 51.9 Å². The third-order valence-electron chi connectivity index (χ3n) is 4.18. The highest BCUT2D eigenvalue weighted by Crippen LogP contribution is 2.11. The van der Waals surface area contributed by atoms with Gasteiger partial charge >= 0.3 is 0 Å². The van der Waals surface area contributed by atoms with Crippen molar-refractivity contribution in [3.8, 4) is 5.75 Å². The smallest absolute Gasteiger partial charge is 0.191 e. The number of ether oxygens (including phenoxy) is 2. The molecule has 6 nitrogen and oxygen atoms in total. The van der Waals surface area contributed by atoms with Crippen molar-refractivity contribution in [2.75, 3.05) is 47.0 Å². The zero-order valence-electron chi connectivity index (χ0n) is 17.5. The van der Waals surface area contributed by atoms with Gasteiger partial charge in [0.2, 0.25) is 0 Å². The molecule has 0 unspecified atom stereocenters. The predicted octanol–water partition coefficient (Wildman–Crippen LogP) is 3.12. The van der Waals surface area contributed by atoms with Crippen LogP contribution in [0.25, 0.3) is 0 Å². The largest absolute Gasteiger partial charge is 0.497 e. The van der Waals surface area contributed by atoms with Crippen LogP contribution in [0.4, 0.5) is 0 Å². The number of methoxy groups -OCH3 is 1. The van der Waals surface area contributed by atoms with Crippen LogP contribution in [-0.2, 0) is 11.3 Å². The molecular weight excluding hydrogens is 455 g/mol. The summed E-state index contributed by atoms with van der Waals surface area (Å²) in [6, 6.07) is 8.55. The monoisotopic (exact) mass is 492 g/mol. The molecule has 1 aromatic rings. The summed E-state index contributed by atoms with van der Waals surface area (Å²) in [5, 5.41) is 6.81. The first kappa shape index (κ1) is 25.9. The molecule has 7 heteroatoms. The van der Waals surface area contributed by atoms with Gasteiger partial charge in [0.25, 0.3) is 0 Å². The van der Waals surface area contributed by atoms with Crippen LogP contribution in [0.15, 0.2) is 29.3 Å². The maximum absolute atomic E-state index is 5.39. The Hall–Kier alpha value is -1.06. The molecule has 0 saturated carbocycles. The number of hydrogen-bond donors (Lipinski definition) is 2. The van der Waals surface area contributed by atoms with Gasteiger partial charge in [0, 0.05) is 38.9 Å². The van der Waals surface area contributed by atoms with Gasteiger partial charge in [0.05, 0.1) is 13.7 Å². The lowest BCUT2D eigenvalue weighted by Gasteiger charge is -2.21. The van der Waals surface area contributed by atoms with Gasteiger partial charge in [-0.15, -0.1) is 24.0 Å². The predicted molar refractivity (Wildman–Crippen MR) is 124 cm³/mol. The van der Waals surface area contributed by atoms with Crippen LogP contribution in [0.2, 0.25) is 0 Å². The van der Waals surface area contributed by atoms with Crippen LogP contribution >= 0.6 is 24.0 Å². The first-order valence-corrected chi connectivity index (χ1v) is 9.50. The van der Waals surface area contributed by atoms with Crippen molar-refractivity contribution >= 4 is 29.9 Å². The highest BCUT2D eigenvalue weighted by Gasteiger charge is 2.04. The molecule has 27 heavy (non-hydrogen) atoms. The Morgan fingerprint density at radius 3 is 2.41 bits per heavy atom. The fourth-order valence-electron chi connectivity index (χ4n) is 2.21. The number of benzene rings is 1. The minimum atomic E-state index is 0. The number of likely N-dealkylation sites (N-methyl/N-ethyl adjacent to an activating group) is 1. The zero-order chi connectivity index (χ0) is 19.2. The van der Waals surface area contributed by atoms with Crippen LogP contribution in [0.5, 0.6) is 5.75 Å². The Morgan fingerprint density at radius 1 is 1.15 bits per heavy atom. The van der Waals surface area contributed by atoms with Gasteiger partial charge in [0.1, 0.15) is 5.75 Å². The van der Waals surface area contributed by atoms with Crippen molar-refractivity contribution in [2.45, 2.75) is 39.8 Å². The third kappa shape index (κ3) is 12.1. The highest BCUT2D eigenvalue weighted by molar-refractivity contribution is 14.0. The van der Waals surface area contributed by atoms with Crippen molar-refractivity contribution in [3.05, 3.63) is 29.8 Å². The van der Waals surface area contributed by atoms with Gasteiger partial charge in [-0.2, -0.15) is 0 Å². The van der Waals surface area contributed by atoms with Gasteiger partial charge in [-0.25, -0.2) is 4.99 Å². The summed E-state index contributed by atoms with van der Waals surface area (Å²) in [7, 11) is 3.81. The maximum Gasteiger partial charge on any atom is 0.191 e. The van der Waals surface area contributed by atoms with Crippen LogP contribution in [0, 0.1) is 0 Å². The molecule has 0 amide bonds. The summed E-state index contributed by atoms with van der Waals surface area (Å²) in [5.74, 6) is 1.70. The molecule has 156 valence electrons. The minimum absolute atomic E-state index is 0. The number of nitrogens with zero attached hydrogens (tertiary/aromatic N) is 2. The highest BCUT2D eigenvalue weighted by atomic mass is 127. The third-order valence-corrected chi connectivity index (χ3v) is 4.18. The summed E-state index contributed by atoms with van der Waals surface area (Å²) in [4.78, 5) is 7.01. The Balaban J connectivity index is 0.00000676. The van der Waals surface area contributed by atoms with E-state index in [0.717, 1.165) is 56.5 Å². The summed E-state index contributed by atoms with van der Waals surface area (Å²) in [6.07, 6.45) is 0.961. The van der Waals surface area contributed by atoms with Crippen LogP contribution in [0.3, 0.4) is 0 Å². The summed E-state index contributed by atoms with van der Waals surface area (Å²) >= 11 is 0. The Labute approximate surface area is 182 Å². The Morgan fingerprint density at radius 2 is 1.81 bits per heavy atom. The summed E-state index contributed by atoms with van der Waals surface area (Å²) in [6.45, 7) is 11.2. The van der Waals surface area contributed by atoms with Gasteiger partial charge in [-0.3, -0.25) is 0 Å². The summed E-state index contributed by atoms with van der Waals surface area (Å²) < 4.78 is 10.6. The van der Waals surface area contributed by atoms with E-state index >= 15 is 0 Å². The summed E-state index contributed by atoms with van der Waals surface area (Å²) in [5.41, 5.74) is 1.15. The number of nitrogens with one attached hydrogen (secondary N) is 2. The van der Waals surface area contributed by atoms with Gasteiger partial charge in [-0.1, -0.05) is 12.1 Å². The van der Waals surface area contributed by atoms with Crippen molar-refractivity contribution < 1.29 is 9.47 Å². The molecule has 0 saturated heterocycles. The zero-order valence-corrected chi connectivity index (χ0v) is 19.8. The van der Waals surface area contributed by atoms with Crippen LogP contribution in [-0.4, -0.2) is 63.9 Å². The molecule has 0 fully saturated rings. The SMILES string of the molecule is CCOCCCNC(=NCc1ccc(OC)cc1)NCCN(C)C(C)C.I. The second-order valence-corrected chi connectivity index (χ2v) is 6.49. The fraction of sp³-hybridized carbons (Fsp3) is 0.650. The van der Waals surface area contributed by atoms with E-state index in [1.54, 1.807) is 7.11 Å². The average Bonchev–Trinajstić information content (AvgIpc) is 2.65. The number of halogens is 1. The molecule has 1 rings (SSSR count). The van der Waals surface area contributed by atoms with Crippen molar-refractivity contribution in [3.63, 3.8) is 0 Å². The second-order valence-electron chi connectivity index (χ2n) is 6.49. The second kappa shape index (κ2) is 15.9. The first-order valence-electron chi connectivity index (χ1n) is 9.50. The van der Waals surface area contributed by atoms with Crippen molar-refractivity contribution in [1.29, 1.82) is 0 Å². The average molecular weight is 492 g/mol. The molecule has 0 bridgehead atoms. The van der Waals surface area contributed by atoms with Gasteiger partial charge < -0.3 is 25.0 Å². The molecular formula is C20H37IN4O2. The first-order chi connectivity index (χ1) is 12.6. The molecule has 0 atom stereocenters. The standard InChI is InChI=1S/C20H36N4O2.HI/c1-6-26-15-7-12-21-20(22-13-14-24(4)17(2)3)23-16-18-8-10-19(25-5)11-9-18;/h8-11,17H,6-7,12-16H2,1-5H3,(H2,21,22,23);1H. The molecule has 1 aromatic carbocycles. The number of guanidine groups is 1. The lowest BCUT2D eigenvalue weighted by molar-refractivity contribution is 0.145. The maximum atomic E-state index is 5.39.